The van der Waals surface area contributed by atoms with E-state index in [0.29, 0.717) is 17.5 Å². The van der Waals surface area contributed by atoms with Gasteiger partial charge in [-0.2, -0.15) is 0 Å². The zero-order chi connectivity index (χ0) is 36.3. The molecule has 0 amide bonds. The zero-order valence-corrected chi connectivity index (χ0v) is 30.5. The maximum atomic E-state index is 4.91. The number of rotatable bonds is 5. The van der Waals surface area contributed by atoms with Crippen LogP contribution in [0.3, 0.4) is 0 Å². The van der Waals surface area contributed by atoms with Crippen LogP contribution in [-0.4, -0.2) is 15.0 Å². The second-order valence-electron chi connectivity index (χ2n) is 13.9. The number of fused-ring (bicyclic) bond motifs is 10. The van der Waals surface area contributed by atoms with Crippen molar-refractivity contribution in [2.24, 2.45) is 0 Å². The molecule has 55 heavy (non-hydrogen) atoms. The van der Waals surface area contributed by atoms with Gasteiger partial charge < -0.3 is 0 Å². The third-order valence-corrected chi connectivity index (χ3v) is 12.0. The molecule has 0 N–H and O–H groups in total. The molecule has 0 unspecified atom stereocenters. The van der Waals surface area contributed by atoms with Crippen LogP contribution in [0.4, 0.5) is 0 Å². The Labute approximate surface area is 321 Å². The van der Waals surface area contributed by atoms with Gasteiger partial charge in [0.1, 0.15) is 0 Å². The average Bonchev–Trinajstić information content (AvgIpc) is 3.66. The van der Waals surface area contributed by atoms with E-state index in [1.54, 1.807) is 0 Å². The minimum absolute atomic E-state index is 0.653. The van der Waals surface area contributed by atoms with Crippen LogP contribution in [0.2, 0.25) is 0 Å². The summed E-state index contributed by atoms with van der Waals surface area (Å²) in [5, 5.41) is 10.5. The molecule has 3 nitrogen and oxygen atoms in total. The molecule has 9 aromatic carbocycles. The fourth-order valence-electron chi connectivity index (χ4n) is 8.06. The SMILES string of the molecule is c1ccc(-c2nc(-c3ccccc3)nc(-c3ccc(-c4ccc(-c5cccc6c5sc5c6ccc6c7ccccc7c7ccccc7c65)cc4)cc3)n2)cc1. The van der Waals surface area contributed by atoms with Gasteiger partial charge in [-0.25, -0.2) is 15.0 Å². The van der Waals surface area contributed by atoms with Gasteiger partial charge in [-0.1, -0.05) is 188 Å². The van der Waals surface area contributed by atoms with Gasteiger partial charge in [-0.05, 0) is 49.2 Å². The van der Waals surface area contributed by atoms with Gasteiger partial charge in [-0.3, -0.25) is 0 Å². The zero-order valence-electron chi connectivity index (χ0n) is 29.6. The molecule has 4 heteroatoms. The lowest BCUT2D eigenvalue weighted by molar-refractivity contribution is 1.07. The second kappa shape index (κ2) is 12.8. The molecule has 0 fully saturated rings. The molecule has 0 aliphatic carbocycles. The Morgan fingerprint density at radius 3 is 1.20 bits per heavy atom. The van der Waals surface area contributed by atoms with Gasteiger partial charge in [0, 0.05) is 42.2 Å². The van der Waals surface area contributed by atoms with Crippen LogP contribution >= 0.6 is 11.3 Å². The summed E-state index contributed by atoms with van der Waals surface area (Å²) in [7, 11) is 0. The van der Waals surface area contributed by atoms with Crippen molar-refractivity contribution >= 4 is 63.8 Å². The first-order valence-corrected chi connectivity index (χ1v) is 19.3. The summed E-state index contributed by atoms with van der Waals surface area (Å²) in [6, 6.07) is 66.8. The Kier molecular flexibility index (Phi) is 7.35. The number of benzene rings is 9. The van der Waals surface area contributed by atoms with Gasteiger partial charge in [0.25, 0.3) is 0 Å². The van der Waals surface area contributed by atoms with Crippen molar-refractivity contribution < 1.29 is 0 Å². The van der Waals surface area contributed by atoms with Gasteiger partial charge in [0.05, 0.1) is 0 Å². The fraction of sp³-hybridized carbons (Fsp3) is 0. The molecule has 0 radical (unpaired) electrons. The number of aromatic nitrogens is 3. The quantitative estimate of drug-likeness (QED) is 0.166. The molecule has 0 bridgehead atoms. The smallest absolute Gasteiger partial charge is 0.164 e. The molecule has 2 heterocycles. The standard InChI is InChI=1S/C51H31N3S/c1-3-12-35(13-4-1)49-52-50(36-14-5-2-6-15-36)54-51(53-49)37-28-24-33(25-29-37)32-22-26-34(27-23-32)38-20-11-21-44-45-31-30-43-41-18-8-7-16-39(41)40-17-9-10-19-42(40)46(43)48(45)55-47(38)44/h1-31H. The first-order chi connectivity index (χ1) is 27.3. The van der Waals surface area contributed by atoms with Crippen molar-refractivity contribution in [1.82, 2.24) is 15.0 Å². The third kappa shape index (κ3) is 5.30. The fourth-order valence-corrected chi connectivity index (χ4v) is 9.46. The molecular formula is C51H31N3S. The lowest BCUT2D eigenvalue weighted by Gasteiger charge is -2.11. The van der Waals surface area contributed by atoms with E-state index in [2.05, 4.69) is 127 Å². The summed E-state index contributed by atoms with van der Waals surface area (Å²) in [5.74, 6) is 1.97. The first kappa shape index (κ1) is 31.5. The molecule has 0 spiro atoms. The highest BCUT2D eigenvalue weighted by molar-refractivity contribution is 7.27. The van der Waals surface area contributed by atoms with Crippen molar-refractivity contribution in [3.63, 3.8) is 0 Å². The summed E-state index contributed by atoms with van der Waals surface area (Å²) < 4.78 is 2.67. The number of nitrogens with zero attached hydrogens (tertiary/aromatic N) is 3. The van der Waals surface area contributed by atoms with Crippen LogP contribution in [0.25, 0.3) is 109 Å². The van der Waals surface area contributed by atoms with Crippen molar-refractivity contribution in [3.8, 4) is 56.4 Å². The Hall–Kier alpha value is -7.01. The van der Waals surface area contributed by atoms with Gasteiger partial charge >= 0.3 is 0 Å². The number of hydrogen-bond donors (Lipinski definition) is 0. The minimum atomic E-state index is 0.653. The monoisotopic (exact) mass is 717 g/mol. The molecule has 0 aliphatic rings. The van der Waals surface area contributed by atoms with Gasteiger partial charge in [0.2, 0.25) is 0 Å². The topological polar surface area (TPSA) is 38.7 Å². The first-order valence-electron chi connectivity index (χ1n) is 18.5. The molecule has 256 valence electrons. The van der Waals surface area contributed by atoms with Crippen LogP contribution in [-0.2, 0) is 0 Å². The molecule has 0 atom stereocenters. The number of hydrogen-bond acceptors (Lipinski definition) is 4. The van der Waals surface area contributed by atoms with Crippen molar-refractivity contribution in [2.45, 2.75) is 0 Å². The molecule has 0 aliphatic heterocycles. The van der Waals surface area contributed by atoms with Gasteiger partial charge in [0.15, 0.2) is 17.5 Å². The number of thiophene rings is 1. The minimum Gasteiger partial charge on any atom is -0.208 e. The average molecular weight is 718 g/mol. The Bertz CT molecular complexity index is 3130. The maximum Gasteiger partial charge on any atom is 0.164 e. The largest absolute Gasteiger partial charge is 0.208 e. The van der Waals surface area contributed by atoms with Crippen molar-refractivity contribution in [3.05, 3.63) is 188 Å². The molecule has 0 saturated carbocycles. The molecular weight excluding hydrogens is 687 g/mol. The molecule has 11 rings (SSSR count). The normalized spacial score (nSPS) is 11.6. The predicted octanol–water partition coefficient (Wildman–Crippen LogP) is 14.0. The summed E-state index contributed by atoms with van der Waals surface area (Å²) in [4.78, 5) is 14.7. The Morgan fingerprint density at radius 2 is 0.636 bits per heavy atom. The van der Waals surface area contributed by atoms with Crippen LogP contribution in [0.1, 0.15) is 0 Å². The summed E-state index contributed by atoms with van der Waals surface area (Å²) >= 11 is 1.92. The summed E-state index contributed by atoms with van der Waals surface area (Å²) in [6.07, 6.45) is 0. The summed E-state index contributed by atoms with van der Waals surface area (Å²) in [6.45, 7) is 0. The Balaban J connectivity index is 0.964. The van der Waals surface area contributed by atoms with Crippen LogP contribution in [0.5, 0.6) is 0 Å². The van der Waals surface area contributed by atoms with Crippen LogP contribution in [0, 0.1) is 0 Å². The highest BCUT2D eigenvalue weighted by Crippen LogP contribution is 2.46. The van der Waals surface area contributed by atoms with Gasteiger partial charge in [-0.15, -0.1) is 11.3 Å². The highest BCUT2D eigenvalue weighted by Gasteiger charge is 2.17. The molecule has 11 aromatic rings. The van der Waals surface area contributed by atoms with E-state index in [-0.39, 0.29) is 0 Å². The lowest BCUT2D eigenvalue weighted by atomic mass is 9.93. The van der Waals surface area contributed by atoms with Crippen molar-refractivity contribution in [2.75, 3.05) is 0 Å². The van der Waals surface area contributed by atoms with E-state index in [1.807, 2.05) is 72.0 Å². The van der Waals surface area contributed by atoms with Crippen molar-refractivity contribution in [1.29, 1.82) is 0 Å². The molecule has 2 aromatic heterocycles. The second-order valence-corrected chi connectivity index (χ2v) is 15.0. The maximum absolute atomic E-state index is 4.91. The highest BCUT2D eigenvalue weighted by atomic mass is 32.1. The third-order valence-electron chi connectivity index (χ3n) is 10.7. The van der Waals surface area contributed by atoms with Crippen LogP contribution in [0.15, 0.2) is 188 Å². The van der Waals surface area contributed by atoms with Crippen LogP contribution < -0.4 is 0 Å². The van der Waals surface area contributed by atoms with E-state index in [4.69, 9.17) is 15.0 Å². The van der Waals surface area contributed by atoms with E-state index in [9.17, 15) is 0 Å². The van der Waals surface area contributed by atoms with E-state index in [0.717, 1.165) is 27.8 Å². The summed E-state index contributed by atoms with van der Waals surface area (Å²) in [5.41, 5.74) is 7.64. The Morgan fingerprint density at radius 1 is 0.255 bits per heavy atom. The molecule has 0 saturated heterocycles. The predicted molar refractivity (Wildman–Crippen MR) is 232 cm³/mol. The van der Waals surface area contributed by atoms with E-state index in [1.165, 1.54) is 63.6 Å². The van der Waals surface area contributed by atoms with E-state index < -0.39 is 0 Å². The lowest BCUT2D eigenvalue weighted by Crippen LogP contribution is -2.00. The van der Waals surface area contributed by atoms with E-state index >= 15 is 0 Å².